The monoisotopic (exact) mass is 308 g/mol. The summed E-state index contributed by atoms with van der Waals surface area (Å²) in [5.41, 5.74) is 1.67. The molecule has 0 unspecified atom stereocenters. The fourth-order valence-electron chi connectivity index (χ4n) is 2.67. The predicted molar refractivity (Wildman–Crippen MR) is 84.0 cm³/mol. The average Bonchev–Trinajstić information content (AvgIpc) is 3.04. The number of nitrogens with zero attached hydrogens (tertiary/aromatic N) is 4. The number of hydrogen-bond acceptors (Lipinski definition) is 6. The summed E-state index contributed by atoms with van der Waals surface area (Å²) in [5, 5.41) is 23.8. The van der Waals surface area contributed by atoms with Gasteiger partial charge in [0.1, 0.15) is 16.9 Å². The summed E-state index contributed by atoms with van der Waals surface area (Å²) in [7, 11) is 0. The Balaban J connectivity index is 2.08. The minimum Gasteiger partial charge on any atom is -0.512 e. The fraction of sp³-hybridized carbons (Fsp3) is 0.125. The van der Waals surface area contributed by atoms with Gasteiger partial charge in [-0.3, -0.25) is 4.79 Å². The first kappa shape index (κ1) is 13.4. The number of aliphatic hydroxyl groups is 1. The molecule has 3 aromatic heterocycles. The zero-order valence-corrected chi connectivity index (χ0v) is 12.4. The maximum Gasteiger partial charge on any atom is 0.248 e. The van der Waals surface area contributed by atoms with Crippen molar-refractivity contribution in [1.29, 1.82) is 0 Å². The molecule has 1 aromatic carbocycles. The van der Waals surface area contributed by atoms with Gasteiger partial charge in [0.2, 0.25) is 5.71 Å². The maximum absolute atomic E-state index is 11.8. The highest BCUT2D eigenvalue weighted by Crippen LogP contribution is 2.27. The largest absolute Gasteiger partial charge is 0.512 e. The lowest BCUT2D eigenvalue weighted by atomic mass is 10.1. The molecule has 0 fully saturated rings. The number of Topliss-reactive ketones (excluding diaryl/α,β-unsaturated/α-hetero) is 1. The Hall–Kier alpha value is -3.22. The molecular formula is C16H12N4O3. The summed E-state index contributed by atoms with van der Waals surface area (Å²) in [6.07, 6.45) is 0. The second kappa shape index (κ2) is 4.64. The highest BCUT2D eigenvalue weighted by Gasteiger charge is 2.22. The summed E-state index contributed by atoms with van der Waals surface area (Å²) in [4.78, 5) is 11.8. The van der Waals surface area contributed by atoms with E-state index >= 15 is 0 Å². The maximum atomic E-state index is 11.8. The Morgan fingerprint density at radius 3 is 2.74 bits per heavy atom. The normalized spacial score (nSPS) is 13.0. The Morgan fingerprint density at radius 1 is 1.22 bits per heavy atom. The van der Waals surface area contributed by atoms with Crippen LogP contribution in [0.4, 0.5) is 0 Å². The van der Waals surface area contributed by atoms with Gasteiger partial charge in [0.15, 0.2) is 17.3 Å². The zero-order chi connectivity index (χ0) is 16.1. The molecule has 0 spiro atoms. The molecule has 23 heavy (non-hydrogen) atoms. The van der Waals surface area contributed by atoms with Crippen LogP contribution in [0.1, 0.15) is 19.7 Å². The van der Waals surface area contributed by atoms with E-state index in [9.17, 15) is 9.90 Å². The van der Waals surface area contributed by atoms with Gasteiger partial charge in [0.25, 0.3) is 0 Å². The van der Waals surface area contributed by atoms with E-state index < -0.39 is 0 Å². The first-order valence-corrected chi connectivity index (χ1v) is 7.01. The molecule has 0 radical (unpaired) electrons. The summed E-state index contributed by atoms with van der Waals surface area (Å²) in [6, 6.07) is 9.49. The molecule has 0 aliphatic heterocycles. The van der Waals surface area contributed by atoms with Crippen LogP contribution in [0, 0.1) is 0 Å². The number of benzene rings is 1. The Labute approximate surface area is 129 Å². The van der Waals surface area contributed by atoms with Crippen molar-refractivity contribution < 1.29 is 14.3 Å². The summed E-state index contributed by atoms with van der Waals surface area (Å²) < 4.78 is 7.20. The third kappa shape index (κ3) is 1.90. The van der Waals surface area contributed by atoms with E-state index in [1.807, 2.05) is 30.3 Å². The van der Waals surface area contributed by atoms with Crippen LogP contribution in [0.2, 0.25) is 0 Å². The van der Waals surface area contributed by atoms with E-state index in [0.29, 0.717) is 22.3 Å². The van der Waals surface area contributed by atoms with E-state index in [2.05, 4.69) is 15.3 Å². The van der Waals surface area contributed by atoms with Crippen LogP contribution in [0.5, 0.6) is 0 Å². The lowest BCUT2D eigenvalue weighted by Gasteiger charge is -2.00. The molecule has 3 heterocycles. The van der Waals surface area contributed by atoms with Crippen molar-refractivity contribution >= 4 is 39.1 Å². The van der Waals surface area contributed by atoms with Crippen molar-refractivity contribution in [3.8, 4) is 0 Å². The molecule has 0 bridgehead atoms. The highest BCUT2D eigenvalue weighted by molar-refractivity contribution is 6.19. The molecule has 114 valence electrons. The summed E-state index contributed by atoms with van der Waals surface area (Å²) >= 11 is 0. The Bertz CT molecular complexity index is 1120. The van der Waals surface area contributed by atoms with Crippen LogP contribution in [0.25, 0.3) is 33.3 Å². The number of carbonyl (C=O) groups is 1. The van der Waals surface area contributed by atoms with Gasteiger partial charge >= 0.3 is 0 Å². The van der Waals surface area contributed by atoms with Crippen molar-refractivity contribution in [2.75, 3.05) is 0 Å². The molecule has 0 amide bonds. The number of allylic oxidation sites excluding steroid dienone is 2. The topological polar surface area (TPSA) is 93.5 Å². The Kier molecular flexibility index (Phi) is 2.71. The number of rotatable bonds is 2. The van der Waals surface area contributed by atoms with Gasteiger partial charge in [-0.15, -0.1) is 15.3 Å². The first-order valence-electron chi connectivity index (χ1n) is 7.01. The van der Waals surface area contributed by atoms with E-state index in [0.717, 1.165) is 5.39 Å². The molecule has 7 nitrogen and oxygen atoms in total. The second-order valence-corrected chi connectivity index (χ2v) is 5.28. The van der Waals surface area contributed by atoms with E-state index in [4.69, 9.17) is 4.42 Å². The average molecular weight is 308 g/mol. The minimum absolute atomic E-state index is 0.0878. The highest BCUT2D eigenvalue weighted by atomic mass is 16.3. The lowest BCUT2D eigenvalue weighted by molar-refractivity contribution is -0.112. The number of fused-ring (bicyclic) bond motifs is 4. The second-order valence-electron chi connectivity index (χ2n) is 5.28. The van der Waals surface area contributed by atoms with Gasteiger partial charge in [0, 0.05) is 5.39 Å². The van der Waals surface area contributed by atoms with E-state index in [1.54, 1.807) is 0 Å². The Morgan fingerprint density at radius 2 is 2.00 bits per heavy atom. The van der Waals surface area contributed by atoms with Gasteiger partial charge in [-0.25, -0.2) is 0 Å². The van der Waals surface area contributed by atoms with E-state index in [-0.39, 0.29) is 22.9 Å². The number of hydrogen-bond donors (Lipinski definition) is 1. The molecule has 4 aromatic rings. The fourth-order valence-corrected chi connectivity index (χ4v) is 2.67. The minimum atomic E-state index is -0.312. The van der Waals surface area contributed by atoms with Crippen LogP contribution < -0.4 is 0 Å². The van der Waals surface area contributed by atoms with Gasteiger partial charge in [0.05, 0.1) is 5.39 Å². The van der Waals surface area contributed by atoms with Gasteiger partial charge in [-0.1, -0.05) is 18.2 Å². The first-order chi connectivity index (χ1) is 11.1. The van der Waals surface area contributed by atoms with Gasteiger partial charge in [-0.05, 0) is 26.0 Å². The molecule has 0 aliphatic carbocycles. The molecule has 7 heteroatoms. The molecule has 0 saturated heterocycles. The predicted octanol–water partition coefficient (Wildman–Crippen LogP) is 2.90. The number of aliphatic hydroxyl groups excluding tert-OH is 1. The number of aromatic nitrogens is 4. The van der Waals surface area contributed by atoms with E-state index in [1.165, 1.54) is 18.4 Å². The molecule has 0 aliphatic rings. The SMILES string of the molecule is CC(=O)/C(=C(/C)O)c1nnc2c3cc4ccccc4oc3nn12. The molecular weight excluding hydrogens is 296 g/mol. The van der Waals surface area contributed by atoms with Crippen molar-refractivity contribution in [1.82, 2.24) is 19.8 Å². The quantitative estimate of drug-likeness (QED) is 0.452. The summed E-state index contributed by atoms with van der Waals surface area (Å²) in [5.74, 6) is -0.239. The molecule has 1 N–H and O–H groups in total. The molecule has 0 saturated carbocycles. The van der Waals surface area contributed by atoms with Crippen molar-refractivity contribution in [2.45, 2.75) is 13.8 Å². The number of carbonyl (C=O) groups excluding carboxylic acids is 1. The zero-order valence-electron chi connectivity index (χ0n) is 12.4. The van der Waals surface area contributed by atoms with Crippen molar-refractivity contribution in [3.05, 3.63) is 41.9 Å². The van der Waals surface area contributed by atoms with Gasteiger partial charge < -0.3 is 9.52 Å². The molecule has 0 atom stereocenters. The third-order valence-corrected chi connectivity index (χ3v) is 3.67. The van der Waals surface area contributed by atoms with Crippen LogP contribution >= 0.6 is 0 Å². The smallest absolute Gasteiger partial charge is 0.248 e. The standard InChI is InChI=1S/C16H12N4O3/c1-8(21)13(9(2)22)15-18-17-14-11-7-10-5-3-4-6-12(10)23-16(11)19-20(14)15/h3-7,21H,1-2H3/b13-8+. The van der Waals surface area contributed by atoms with Crippen LogP contribution in [0.3, 0.4) is 0 Å². The number of ketones is 1. The number of para-hydroxylation sites is 1. The van der Waals surface area contributed by atoms with Crippen molar-refractivity contribution in [2.24, 2.45) is 0 Å². The van der Waals surface area contributed by atoms with Crippen LogP contribution in [-0.4, -0.2) is 30.7 Å². The van der Waals surface area contributed by atoms with Crippen molar-refractivity contribution in [3.63, 3.8) is 0 Å². The lowest BCUT2D eigenvalue weighted by Crippen LogP contribution is -2.04. The molecule has 4 rings (SSSR count). The van der Waals surface area contributed by atoms with Gasteiger partial charge in [-0.2, -0.15) is 4.52 Å². The summed E-state index contributed by atoms with van der Waals surface area (Å²) in [6.45, 7) is 2.79. The van der Waals surface area contributed by atoms with Crippen LogP contribution in [0.15, 0.2) is 40.5 Å². The third-order valence-electron chi connectivity index (χ3n) is 3.67. The van der Waals surface area contributed by atoms with Crippen LogP contribution in [-0.2, 0) is 4.79 Å².